The maximum atomic E-state index is 6.11. The average Bonchev–Trinajstić information content (AvgIpc) is 3.26. The van der Waals surface area contributed by atoms with Gasteiger partial charge in [0, 0.05) is 18.5 Å². The van der Waals surface area contributed by atoms with Crippen LogP contribution in [-0.2, 0) is 0 Å². The van der Waals surface area contributed by atoms with Crippen LogP contribution in [0.4, 0.5) is 5.69 Å². The van der Waals surface area contributed by atoms with Gasteiger partial charge in [0.1, 0.15) is 13.2 Å². The van der Waals surface area contributed by atoms with Crippen molar-refractivity contribution in [1.82, 2.24) is 14.8 Å². The van der Waals surface area contributed by atoms with E-state index in [9.17, 15) is 0 Å². The third-order valence-electron chi connectivity index (χ3n) is 4.70. The Labute approximate surface area is 175 Å². The second-order valence-electron chi connectivity index (χ2n) is 6.90. The van der Waals surface area contributed by atoms with Crippen molar-refractivity contribution < 1.29 is 9.47 Å². The molecule has 4 rings (SSSR count). The van der Waals surface area contributed by atoms with Crippen molar-refractivity contribution in [2.45, 2.75) is 6.92 Å². The Hall–Kier alpha value is -3.84. The molecule has 3 aromatic rings. The van der Waals surface area contributed by atoms with Gasteiger partial charge in [-0.1, -0.05) is 13.2 Å². The van der Waals surface area contributed by atoms with Crippen LogP contribution < -0.4 is 20.3 Å². The van der Waals surface area contributed by atoms with Crippen LogP contribution in [0.1, 0.15) is 11.3 Å². The molecule has 0 aliphatic carbocycles. The molecule has 2 aromatic heterocycles. The van der Waals surface area contributed by atoms with Crippen molar-refractivity contribution in [3.8, 4) is 17.2 Å². The van der Waals surface area contributed by atoms with Crippen LogP contribution in [0.2, 0.25) is 0 Å². The summed E-state index contributed by atoms with van der Waals surface area (Å²) in [6.45, 7) is 11.4. The summed E-state index contributed by atoms with van der Waals surface area (Å²) in [5, 5.41) is 5.94. The van der Waals surface area contributed by atoms with Crippen LogP contribution >= 0.6 is 0 Å². The lowest BCUT2D eigenvalue weighted by atomic mass is 10.1. The average molecular weight is 401 g/mol. The van der Waals surface area contributed by atoms with Gasteiger partial charge >= 0.3 is 0 Å². The minimum absolute atomic E-state index is 0.531. The van der Waals surface area contributed by atoms with E-state index < -0.39 is 0 Å². The molecular formula is C23H23N5O2. The Balaban J connectivity index is 1.53. The van der Waals surface area contributed by atoms with Gasteiger partial charge in [0.2, 0.25) is 0 Å². The zero-order valence-corrected chi connectivity index (χ0v) is 16.8. The molecule has 1 aliphatic rings. The molecular weight excluding hydrogens is 378 g/mol. The highest BCUT2D eigenvalue weighted by molar-refractivity contribution is 5.78. The normalized spacial score (nSPS) is 12.7. The number of pyridine rings is 1. The van der Waals surface area contributed by atoms with Crippen LogP contribution in [-0.4, -0.2) is 28.0 Å². The van der Waals surface area contributed by atoms with Crippen molar-refractivity contribution in [1.29, 1.82) is 0 Å². The van der Waals surface area contributed by atoms with Gasteiger partial charge in [0.05, 0.1) is 29.5 Å². The molecule has 3 heterocycles. The van der Waals surface area contributed by atoms with E-state index in [-0.39, 0.29) is 0 Å². The van der Waals surface area contributed by atoms with Gasteiger partial charge in [-0.2, -0.15) is 5.10 Å². The van der Waals surface area contributed by atoms with Gasteiger partial charge in [-0.25, -0.2) is 10.5 Å². The second-order valence-corrected chi connectivity index (χ2v) is 6.90. The topological polar surface area (TPSA) is 78.4 Å². The van der Waals surface area contributed by atoms with Crippen LogP contribution in [0.3, 0.4) is 0 Å². The van der Waals surface area contributed by atoms with Crippen LogP contribution in [0, 0.1) is 6.92 Å². The van der Waals surface area contributed by atoms with E-state index in [2.05, 4.69) is 23.2 Å². The predicted molar refractivity (Wildman–Crippen MR) is 118 cm³/mol. The number of ether oxygens (including phenoxy) is 2. The smallest absolute Gasteiger partial charge is 0.163 e. The Bertz CT molecular complexity index is 1130. The predicted octanol–water partition coefficient (Wildman–Crippen LogP) is 3.81. The Kier molecular flexibility index (Phi) is 5.36. The van der Waals surface area contributed by atoms with Gasteiger partial charge in [0.25, 0.3) is 0 Å². The molecule has 0 unspecified atom stereocenters. The van der Waals surface area contributed by atoms with Gasteiger partial charge in [-0.15, -0.1) is 0 Å². The maximum absolute atomic E-state index is 6.11. The summed E-state index contributed by atoms with van der Waals surface area (Å²) in [5.74, 6) is 7.55. The number of aromatic nitrogens is 3. The van der Waals surface area contributed by atoms with Gasteiger partial charge in [0.15, 0.2) is 11.5 Å². The fraction of sp³-hybridized carbons (Fsp3) is 0.130. The molecule has 2 N–H and O–H groups in total. The zero-order chi connectivity index (χ0) is 21.1. The Morgan fingerprint density at radius 1 is 1.13 bits per heavy atom. The van der Waals surface area contributed by atoms with Crippen LogP contribution in [0.5, 0.6) is 11.5 Å². The van der Waals surface area contributed by atoms with Crippen molar-refractivity contribution in [3.63, 3.8) is 0 Å². The largest absolute Gasteiger partial charge is 0.486 e. The molecule has 0 spiro atoms. The molecule has 0 saturated heterocycles. The highest BCUT2D eigenvalue weighted by Crippen LogP contribution is 2.33. The number of rotatable bonds is 6. The summed E-state index contributed by atoms with van der Waals surface area (Å²) in [6, 6.07) is 9.56. The lowest BCUT2D eigenvalue weighted by Gasteiger charge is -2.19. The summed E-state index contributed by atoms with van der Waals surface area (Å²) in [7, 11) is 0. The number of hydrogen-bond acceptors (Lipinski definition) is 6. The number of allylic oxidation sites excluding steroid dienone is 3. The van der Waals surface area contributed by atoms with E-state index in [1.807, 2.05) is 43.3 Å². The standard InChI is InChI=1S/C23H23N5O2/c1-16-12-20(15-25-14-16)27(24)9-7-17(2)18(3)21-6-8-26-28(21)19-4-5-22-23(13-19)30-11-10-29-22/h4-9,12-15H,2-3,10-11,24H2,1H3/b9-7-. The number of hydrogen-bond donors (Lipinski definition) is 1. The lowest BCUT2D eigenvalue weighted by Crippen LogP contribution is -2.24. The third kappa shape index (κ3) is 3.97. The molecule has 0 bridgehead atoms. The molecule has 0 fully saturated rings. The highest BCUT2D eigenvalue weighted by atomic mass is 16.6. The Morgan fingerprint density at radius 3 is 2.73 bits per heavy atom. The van der Waals surface area contributed by atoms with E-state index in [4.69, 9.17) is 15.3 Å². The monoisotopic (exact) mass is 401 g/mol. The molecule has 0 radical (unpaired) electrons. The van der Waals surface area contributed by atoms with Crippen molar-refractivity contribution >= 4 is 11.3 Å². The number of nitrogens with zero attached hydrogens (tertiary/aromatic N) is 4. The van der Waals surface area contributed by atoms with Gasteiger partial charge < -0.3 is 9.47 Å². The first-order valence-corrected chi connectivity index (χ1v) is 9.49. The second kappa shape index (κ2) is 8.26. The van der Waals surface area contributed by atoms with Crippen molar-refractivity contribution in [2.75, 3.05) is 18.2 Å². The molecule has 1 aliphatic heterocycles. The molecule has 7 nitrogen and oxygen atoms in total. The molecule has 0 amide bonds. The number of aryl methyl sites for hydroxylation is 1. The van der Waals surface area contributed by atoms with Gasteiger partial charge in [-0.05, 0) is 54.0 Å². The molecule has 152 valence electrons. The quantitative estimate of drug-likeness (QED) is 0.384. The number of benzene rings is 1. The first-order valence-electron chi connectivity index (χ1n) is 9.49. The molecule has 0 saturated carbocycles. The highest BCUT2D eigenvalue weighted by Gasteiger charge is 2.15. The number of hydrazine groups is 1. The molecule has 1 aromatic carbocycles. The summed E-state index contributed by atoms with van der Waals surface area (Å²) in [5.41, 5.74) is 4.93. The molecule has 0 atom stereocenters. The SMILES string of the molecule is C=C(/C=C\N(N)c1cncc(C)c1)C(=C)c1ccnn1-c1ccc2c(c1)OCCO2. The summed E-state index contributed by atoms with van der Waals surface area (Å²) < 4.78 is 13.1. The van der Waals surface area contributed by atoms with Crippen LogP contribution in [0.15, 0.2) is 79.9 Å². The van der Waals surface area contributed by atoms with E-state index in [1.54, 1.807) is 29.5 Å². The Morgan fingerprint density at radius 2 is 1.93 bits per heavy atom. The molecule has 7 heteroatoms. The van der Waals surface area contributed by atoms with Crippen molar-refractivity contribution in [2.24, 2.45) is 5.84 Å². The van der Waals surface area contributed by atoms with E-state index in [0.717, 1.165) is 34.0 Å². The zero-order valence-electron chi connectivity index (χ0n) is 16.8. The first-order chi connectivity index (χ1) is 14.5. The van der Waals surface area contributed by atoms with E-state index >= 15 is 0 Å². The number of nitrogens with two attached hydrogens (primary N) is 1. The van der Waals surface area contributed by atoms with Crippen LogP contribution in [0.25, 0.3) is 11.3 Å². The maximum Gasteiger partial charge on any atom is 0.163 e. The lowest BCUT2D eigenvalue weighted by molar-refractivity contribution is 0.171. The van der Waals surface area contributed by atoms with E-state index in [1.165, 1.54) is 5.01 Å². The summed E-state index contributed by atoms with van der Waals surface area (Å²) in [6.07, 6.45) is 8.75. The van der Waals surface area contributed by atoms with Gasteiger partial charge in [-0.3, -0.25) is 9.99 Å². The van der Waals surface area contributed by atoms with E-state index in [0.29, 0.717) is 24.5 Å². The molecule has 30 heavy (non-hydrogen) atoms. The fourth-order valence-corrected chi connectivity index (χ4v) is 3.10. The first kappa shape index (κ1) is 19.5. The summed E-state index contributed by atoms with van der Waals surface area (Å²) in [4.78, 5) is 4.16. The third-order valence-corrected chi connectivity index (χ3v) is 4.70. The number of anilines is 1. The minimum Gasteiger partial charge on any atom is -0.486 e. The minimum atomic E-state index is 0.531. The number of fused-ring (bicyclic) bond motifs is 1. The fourth-order valence-electron chi connectivity index (χ4n) is 3.10. The van der Waals surface area contributed by atoms with Crippen molar-refractivity contribution in [3.05, 3.63) is 91.2 Å². The summed E-state index contributed by atoms with van der Waals surface area (Å²) >= 11 is 0.